The lowest BCUT2D eigenvalue weighted by Gasteiger charge is -2.16. The zero-order valence-corrected chi connectivity index (χ0v) is 14.5. The van der Waals surface area contributed by atoms with Gasteiger partial charge >= 0.3 is 5.97 Å². The van der Waals surface area contributed by atoms with Gasteiger partial charge in [-0.3, -0.25) is 9.59 Å². The van der Waals surface area contributed by atoms with E-state index in [1.54, 1.807) is 6.92 Å². The third kappa shape index (κ3) is 4.30. The quantitative estimate of drug-likeness (QED) is 0.447. The fourth-order valence-corrected chi connectivity index (χ4v) is 2.97. The fraction of sp³-hybridized carbons (Fsp3) is 0.222. The Kier molecular flexibility index (Phi) is 5.69. The Morgan fingerprint density at radius 1 is 1.08 bits per heavy atom. The number of hydrogen-bond acceptors (Lipinski definition) is 5. The van der Waals surface area contributed by atoms with Gasteiger partial charge in [0.1, 0.15) is 11.7 Å². The molecule has 0 spiro atoms. The van der Waals surface area contributed by atoms with Gasteiger partial charge in [-0.1, -0.05) is 30.3 Å². The predicted molar refractivity (Wildman–Crippen MR) is 89.7 cm³/mol. The molecular formula is C18H17FO5S. The van der Waals surface area contributed by atoms with Gasteiger partial charge in [0, 0.05) is 17.4 Å². The van der Waals surface area contributed by atoms with E-state index in [1.165, 1.54) is 42.5 Å². The first kappa shape index (κ1) is 18.8. The first-order chi connectivity index (χ1) is 11.8. The van der Waals surface area contributed by atoms with Gasteiger partial charge in [0.2, 0.25) is 0 Å². The molecule has 0 heterocycles. The van der Waals surface area contributed by atoms with Crippen molar-refractivity contribution in [3.63, 3.8) is 0 Å². The SMILES string of the molecule is CCOC(=O)C(C(=O)c1ccc(S(C)(=O)=O)cc1)c1ccccc1F. The number of rotatable bonds is 6. The maximum absolute atomic E-state index is 14.1. The van der Waals surface area contributed by atoms with Crippen LogP contribution < -0.4 is 0 Å². The monoisotopic (exact) mass is 364 g/mol. The summed E-state index contributed by atoms with van der Waals surface area (Å²) < 4.78 is 42.0. The average Bonchev–Trinajstić information content (AvgIpc) is 2.56. The normalized spacial score (nSPS) is 12.4. The van der Waals surface area contributed by atoms with E-state index in [0.29, 0.717) is 0 Å². The van der Waals surface area contributed by atoms with Gasteiger partial charge in [0.15, 0.2) is 15.6 Å². The molecule has 0 aliphatic heterocycles. The van der Waals surface area contributed by atoms with Crippen LogP contribution >= 0.6 is 0 Å². The zero-order chi connectivity index (χ0) is 18.6. The first-order valence-corrected chi connectivity index (χ1v) is 9.40. The highest BCUT2D eigenvalue weighted by Crippen LogP contribution is 2.26. The largest absolute Gasteiger partial charge is 0.465 e. The third-order valence-corrected chi connectivity index (χ3v) is 4.70. The van der Waals surface area contributed by atoms with E-state index in [4.69, 9.17) is 4.74 Å². The van der Waals surface area contributed by atoms with Crippen LogP contribution in [0.2, 0.25) is 0 Å². The predicted octanol–water partition coefficient (Wildman–Crippen LogP) is 2.76. The number of carbonyl (C=O) groups is 2. The van der Waals surface area contributed by atoms with E-state index >= 15 is 0 Å². The van der Waals surface area contributed by atoms with Crippen LogP contribution in [-0.2, 0) is 19.4 Å². The van der Waals surface area contributed by atoms with E-state index in [1.807, 2.05) is 0 Å². The molecule has 2 rings (SSSR count). The summed E-state index contributed by atoms with van der Waals surface area (Å²) >= 11 is 0. The fourth-order valence-electron chi connectivity index (χ4n) is 2.34. The van der Waals surface area contributed by atoms with Crippen molar-refractivity contribution in [2.75, 3.05) is 12.9 Å². The van der Waals surface area contributed by atoms with Crippen LogP contribution in [0.25, 0.3) is 0 Å². The number of carbonyl (C=O) groups excluding carboxylic acids is 2. The van der Waals surface area contributed by atoms with Crippen LogP contribution in [0, 0.1) is 5.82 Å². The number of halogens is 1. The minimum Gasteiger partial charge on any atom is -0.465 e. The highest BCUT2D eigenvalue weighted by molar-refractivity contribution is 7.90. The summed E-state index contributed by atoms with van der Waals surface area (Å²) in [5.41, 5.74) is 0.00634. The molecular weight excluding hydrogens is 347 g/mol. The second-order valence-corrected chi connectivity index (χ2v) is 7.38. The van der Waals surface area contributed by atoms with Gasteiger partial charge in [-0.25, -0.2) is 12.8 Å². The lowest BCUT2D eigenvalue weighted by Crippen LogP contribution is -2.25. The van der Waals surface area contributed by atoms with Crippen molar-refractivity contribution < 1.29 is 27.1 Å². The maximum Gasteiger partial charge on any atom is 0.321 e. The minimum absolute atomic E-state index is 0.0441. The first-order valence-electron chi connectivity index (χ1n) is 7.51. The van der Waals surface area contributed by atoms with Crippen LogP contribution in [0.5, 0.6) is 0 Å². The van der Waals surface area contributed by atoms with Crippen molar-refractivity contribution in [2.24, 2.45) is 0 Å². The number of sulfone groups is 1. The second-order valence-electron chi connectivity index (χ2n) is 5.37. The van der Waals surface area contributed by atoms with Gasteiger partial charge in [0.05, 0.1) is 11.5 Å². The lowest BCUT2D eigenvalue weighted by molar-refractivity contribution is -0.143. The van der Waals surface area contributed by atoms with Gasteiger partial charge in [-0.2, -0.15) is 0 Å². The molecule has 0 saturated heterocycles. The minimum atomic E-state index is -3.41. The average molecular weight is 364 g/mol. The number of ketones is 1. The molecule has 0 N–H and O–H groups in total. The van der Waals surface area contributed by atoms with Crippen molar-refractivity contribution in [3.05, 3.63) is 65.5 Å². The van der Waals surface area contributed by atoms with E-state index in [-0.39, 0.29) is 22.6 Å². The Morgan fingerprint density at radius 2 is 1.68 bits per heavy atom. The number of benzene rings is 2. The smallest absolute Gasteiger partial charge is 0.321 e. The molecule has 0 bridgehead atoms. The van der Waals surface area contributed by atoms with E-state index in [0.717, 1.165) is 12.3 Å². The van der Waals surface area contributed by atoms with Crippen molar-refractivity contribution in [1.29, 1.82) is 0 Å². The summed E-state index contributed by atoms with van der Waals surface area (Å²) in [7, 11) is -3.41. The number of esters is 1. The van der Waals surface area contributed by atoms with Crippen LogP contribution in [0.4, 0.5) is 4.39 Å². The van der Waals surface area contributed by atoms with Crippen LogP contribution in [0.1, 0.15) is 28.8 Å². The van der Waals surface area contributed by atoms with Crippen molar-refractivity contribution >= 4 is 21.6 Å². The summed E-state index contributed by atoms with van der Waals surface area (Å²) in [6, 6.07) is 10.6. The summed E-state index contributed by atoms with van der Waals surface area (Å²) in [5.74, 6) is -3.67. The molecule has 0 radical (unpaired) electrons. The molecule has 25 heavy (non-hydrogen) atoms. The summed E-state index contributed by atoms with van der Waals surface area (Å²) in [5, 5.41) is 0. The van der Waals surface area contributed by atoms with Gasteiger partial charge in [-0.05, 0) is 25.1 Å². The molecule has 7 heteroatoms. The Labute approximate surface area is 145 Å². The van der Waals surface area contributed by atoms with Crippen LogP contribution in [-0.4, -0.2) is 33.0 Å². The molecule has 0 fully saturated rings. The molecule has 0 aliphatic rings. The topological polar surface area (TPSA) is 77.5 Å². The molecule has 5 nitrogen and oxygen atoms in total. The maximum atomic E-state index is 14.1. The van der Waals surface area contributed by atoms with Crippen molar-refractivity contribution in [3.8, 4) is 0 Å². The number of Topliss-reactive ketones (excluding diaryl/α,β-unsaturated/α-hetero) is 1. The number of ether oxygens (including phenoxy) is 1. The second kappa shape index (κ2) is 7.57. The Bertz CT molecular complexity index is 888. The highest BCUT2D eigenvalue weighted by atomic mass is 32.2. The molecule has 0 aliphatic carbocycles. The third-order valence-electron chi connectivity index (χ3n) is 3.57. The van der Waals surface area contributed by atoms with Crippen LogP contribution in [0.15, 0.2) is 53.4 Å². The summed E-state index contributed by atoms with van der Waals surface area (Å²) in [4.78, 5) is 25.0. The summed E-state index contributed by atoms with van der Waals surface area (Å²) in [6.45, 7) is 1.63. The molecule has 0 amide bonds. The molecule has 132 valence electrons. The molecule has 0 saturated carbocycles. The van der Waals surface area contributed by atoms with Gasteiger partial charge in [0.25, 0.3) is 0 Å². The van der Waals surface area contributed by atoms with Crippen LogP contribution in [0.3, 0.4) is 0 Å². The van der Waals surface area contributed by atoms with Gasteiger partial charge < -0.3 is 4.74 Å². The van der Waals surface area contributed by atoms with E-state index in [2.05, 4.69) is 0 Å². The lowest BCUT2D eigenvalue weighted by atomic mass is 9.90. The van der Waals surface area contributed by atoms with E-state index < -0.39 is 33.3 Å². The highest BCUT2D eigenvalue weighted by Gasteiger charge is 2.32. The Hall–Kier alpha value is -2.54. The molecule has 2 aromatic carbocycles. The van der Waals surface area contributed by atoms with E-state index in [9.17, 15) is 22.4 Å². The Balaban J connectivity index is 2.45. The molecule has 2 aromatic rings. The van der Waals surface area contributed by atoms with Gasteiger partial charge in [-0.15, -0.1) is 0 Å². The molecule has 1 atom stereocenters. The van der Waals surface area contributed by atoms with Crippen molar-refractivity contribution in [2.45, 2.75) is 17.7 Å². The van der Waals surface area contributed by atoms with Crippen molar-refractivity contribution in [1.82, 2.24) is 0 Å². The molecule has 1 unspecified atom stereocenters. The summed E-state index contributed by atoms with van der Waals surface area (Å²) in [6.07, 6.45) is 1.05. The standard InChI is InChI=1S/C18H17FO5S/c1-3-24-18(21)16(14-6-4-5-7-15(14)19)17(20)12-8-10-13(11-9-12)25(2,22)23/h4-11,16H,3H2,1-2H3. The Morgan fingerprint density at radius 3 is 2.20 bits per heavy atom. The number of hydrogen-bond donors (Lipinski definition) is 0. The zero-order valence-electron chi connectivity index (χ0n) is 13.7. The molecule has 0 aromatic heterocycles.